The van der Waals surface area contributed by atoms with Gasteiger partial charge in [-0.1, -0.05) is 24.3 Å². The fraction of sp³-hybridized carbons (Fsp3) is 0.458. The first-order valence-electron chi connectivity index (χ1n) is 37.8. The van der Waals surface area contributed by atoms with Crippen LogP contribution in [0.15, 0.2) is 61.7 Å². The summed E-state index contributed by atoms with van der Waals surface area (Å²) in [4.78, 5) is 64.1. The summed E-state index contributed by atoms with van der Waals surface area (Å²) in [5, 5.41) is 75.7. The van der Waals surface area contributed by atoms with E-state index in [1.165, 1.54) is 65.8 Å². The van der Waals surface area contributed by atoms with Gasteiger partial charge in [-0.15, -0.1) is 36.7 Å². The van der Waals surface area contributed by atoms with Gasteiger partial charge in [-0.25, -0.2) is 9.59 Å². The van der Waals surface area contributed by atoms with Gasteiger partial charge < -0.3 is 82.4 Å². The third-order valence-corrected chi connectivity index (χ3v) is 28.0. The number of benzene rings is 6. The number of nitriles is 1. The Morgan fingerprint density at radius 1 is 0.575 bits per heavy atom. The van der Waals surface area contributed by atoms with Crippen molar-refractivity contribution in [1.29, 1.82) is 5.26 Å². The van der Waals surface area contributed by atoms with Crippen molar-refractivity contribution in [2.75, 3.05) is 92.9 Å². The quantitative estimate of drug-likeness (QED) is 0.0384. The number of aliphatic hydroxyl groups excluding tert-OH is 1. The standard InChI is InChI=1S/C42H44N4O10S.C41H45N3O11S/c1-7-10-45-25-12-23-11-19(2)36(52-6)35(49)30(23)33(45)34-40-32-31(39-38(54-18-55-39)20(3)37(32)56-21(4)47)27(46(34)26(25)15-43)16-53-41(50)42(17-57-40)24-14-29(51-5)28(48)13-22(24)8-9-44-42;1-7-10-43-24-12-22-11-18(2)34(51-6)33(47)28(22)31(43)32-38-30-29(37-36(53-17-54-37)19(3)35(30)55-20(4)45)25(44(32)39(24)48)15-52-40(49)41(16-56-38)23-14-27(50-5)26(46)13-21(23)8-9-42-41/h7,11,13-14,25-27,33-34,40,44,48-49H,1,8-10,12,16-18H2,2-6H3;7,11,13-14,24-25,31-32,38-39,42,46-48H,1,8-10,12,15-17H2,2-6H3/t25-,26-,27-,33+,34?,40+,42+;24-,25-,31+,32?,38+,39-,41+/m00/s1. The third kappa shape index (κ3) is 11.2. The number of fused-ring (bicyclic) bond motifs is 18. The van der Waals surface area contributed by atoms with Crippen LogP contribution in [0, 0.1) is 39.0 Å². The number of rotatable bonds is 10. The number of carbonyl (C=O) groups excluding carboxylic acids is 4. The summed E-state index contributed by atoms with van der Waals surface area (Å²) in [6.45, 7) is 19.4. The van der Waals surface area contributed by atoms with Crippen LogP contribution in [0.4, 0.5) is 0 Å². The minimum Gasteiger partial charge on any atom is -0.504 e. The molecule has 14 aliphatic rings. The highest BCUT2D eigenvalue weighted by Crippen LogP contribution is 2.68. The van der Waals surface area contributed by atoms with Gasteiger partial charge in [0.05, 0.1) is 75.2 Å². The smallest absolute Gasteiger partial charge is 0.331 e. The van der Waals surface area contributed by atoms with Crippen molar-refractivity contribution < 1.29 is 102 Å². The Morgan fingerprint density at radius 2 is 1.00 bits per heavy atom. The lowest BCUT2D eigenvalue weighted by Gasteiger charge is -2.62. The van der Waals surface area contributed by atoms with Crippen LogP contribution in [-0.2, 0) is 65.4 Å². The number of aryl methyl sites for hydroxylation is 2. The first-order valence-corrected chi connectivity index (χ1v) is 39.9. The van der Waals surface area contributed by atoms with Crippen LogP contribution in [-0.4, -0.2) is 198 Å². The predicted molar refractivity (Wildman–Crippen MR) is 411 cm³/mol. The van der Waals surface area contributed by atoms with Crippen molar-refractivity contribution in [1.82, 2.24) is 30.2 Å². The Bertz CT molecular complexity index is 5110. The molecule has 14 heterocycles. The normalized spacial score (nSPS) is 28.5. The zero-order valence-electron chi connectivity index (χ0n) is 64.2. The average Bonchev–Trinajstić information content (AvgIpc) is 1.43. The molecule has 2 unspecified atom stereocenters. The molecule has 0 aromatic heterocycles. The lowest BCUT2D eigenvalue weighted by molar-refractivity contribution is -0.189. The Balaban J connectivity index is 0.000000164. The van der Waals surface area contributed by atoms with Crippen molar-refractivity contribution >= 4 is 47.4 Å². The number of aliphatic hydroxyl groups is 1. The molecule has 7 N–H and O–H groups in total. The Kier molecular flexibility index (Phi) is 19.2. The van der Waals surface area contributed by atoms with Crippen molar-refractivity contribution in [3.8, 4) is 86.6 Å². The molecule has 0 aliphatic carbocycles. The predicted octanol–water partition coefficient (Wildman–Crippen LogP) is 8.51. The summed E-state index contributed by atoms with van der Waals surface area (Å²) in [6.07, 6.45) is 4.51. The number of phenolic OH excluding ortho intramolecular Hbond substituents is 4. The minimum atomic E-state index is -1.38. The van der Waals surface area contributed by atoms with Crippen LogP contribution in [0.2, 0.25) is 0 Å². The molecule has 2 spiro atoms. The zero-order chi connectivity index (χ0) is 79.4. The lowest BCUT2D eigenvalue weighted by Crippen LogP contribution is -2.70. The van der Waals surface area contributed by atoms with E-state index in [1.807, 2.05) is 50.8 Å². The molecule has 4 saturated heterocycles. The number of hydrogen-bond donors (Lipinski definition) is 7. The van der Waals surface area contributed by atoms with Crippen LogP contribution in [0.3, 0.4) is 0 Å². The number of phenols is 4. The van der Waals surface area contributed by atoms with Crippen molar-refractivity contribution in [2.45, 2.75) is 149 Å². The number of thioether (sulfide) groups is 2. The maximum Gasteiger partial charge on any atom is 0.331 e. The number of carbonyl (C=O) groups is 4. The van der Waals surface area contributed by atoms with Gasteiger partial charge in [-0.3, -0.25) is 39.8 Å². The van der Waals surface area contributed by atoms with E-state index in [1.54, 1.807) is 30.3 Å². The number of nitrogens with zero attached hydrogens (tertiary/aromatic N) is 5. The number of hydrogen-bond acceptors (Lipinski definition) is 30. The number of aromatic hydroxyl groups is 4. The Hall–Kier alpha value is -9.81. The van der Waals surface area contributed by atoms with Gasteiger partial charge >= 0.3 is 23.9 Å². The fourth-order valence-electron chi connectivity index (χ4n) is 20.7. The van der Waals surface area contributed by atoms with E-state index in [9.17, 15) is 50.0 Å². The SMILES string of the molecule is C=CCN1[C@@H]2c3c(cc(C)c(OC)c3O)C[C@H]1[C@H](C#N)N1C2[C@@H]2SC[C@]3(NCCc4cc(O)c(OC)cc43)C(=O)OC[C@H]1c1c3c(c(C)c(OC(C)=O)c12)OCO3.C=CCN1[C@@H]2c3c(cc(C)c(OC)c3O)C[C@H]1[C@H](O)N1C2[C@@H]2SC[C@]3(NCCc4cc(O)c(OC)cc43)C(=O)OC[C@H]1c1c3c(c(C)c(OC(C)=O)c12)OCO3. The van der Waals surface area contributed by atoms with E-state index in [0.29, 0.717) is 153 Å². The number of piperazine rings is 2. The molecule has 0 radical (unpaired) electrons. The van der Waals surface area contributed by atoms with Gasteiger partial charge in [0, 0.05) is 114 Å². The summed E-state index contributed by atoms with van der Waals surface area (Å²) >= 11 is 2.93. The molecule has 14 aliphatic heterocycles. The van der Waals surface area contributed by atoms with Crippen LogP contribution in [0.5, 0.6) is 80.5 Å². The average molecular weight is 1580 g/mol. The van der Waals surface area contributed by atoms with Gasteiger partial charge in [0.2, 0.25) is 13.6 Å². The maximum absolute atomic E-state index is 14.8. The molecule has 594 valence electrons. The molecule has 14 atom stereocenters. The first-order chi connectivity index (χ1) is 54.4. The van der Waals surface area contributed by atoms with Gasteiger partial charge in [0.1, 0.15) is 37.0 Å². The van der Waals surface area contributed by atoms with Crippen LogP contribution < -0.4 is 58.0 Å². The number of methoxy groups -OCH3 is 4. The van der Waals surface area contributed by atoms with Crippen molar-refractivity contribution in [2.24, 2.45) is 0 Å². The fourth-order valence-corrected chi connectivity index (χ4v) is 24.1. The van der Waals surface area contributed by atoms with E-state index in [4.69, 9.17) is 56.8 Å². The van der Waals surface area contributed by atoms with Gasteiger partial charge in [-0.2, -0.15) is 5.26 Å². The number of esters is 4. The molecule has 20 rings (SSSR count). The second-order valence-electron chi connectivity index (χ2n) is 30.7. The van der Waals surface area contributed by atoms with Gasteiger partial charge in [-0.05, 0) is 122 Å². The highest BCUT2D eigenvalue weighted by Gasteiger charge is 2.65. The molecule has 8 bridgehead atoms. The highest BCUT2D eigenvalue weighted by atomic mass is 32.2. The lowest BCUT2D eigenvalue weighted by atomic mass is 9.71. The minimum absolute atomic E-state index is 0.0225. The van der Waals surface area contributed by atoms with E-state index in [0.717, 1.165) is 33.4 Å². The molecule has 6 aromatic carbocycles. The van der Waals surface area contributed by atoms with E-state index in [2.05, 4.69) is 44.6 Å². The van der Waals surface area contributed by atoms with Gasteiger partial charge in [0.25, 0.3) is 0 Å². The summed E-state index contributed by atoms with van der Waals surface area (Å²) < 4.78 is 72.3. The third-order valence-electron chi connectivity index (χ3n) is 25.0. The largest absolute Gasteiger partial charge is 0.504 e. The number of nitrogens with one attached hydrogen (secondary N) is 2. The summed E-state index contributed by atoms with van der Waals surface area (Å²) in [5.74, 6) is 1.72. The monoisotopic (exact) mass is 1580 g/mol. The summed E-state index contributed by atoms with van der Waals surface area (Å²) in [5.41, 5.74) is 8.54. The topological polar surface area (TPSA) is 341 Å². The zero-order valence-corrected chi connectivity index (χ0v) is 65.8. The van der Waals surface area contributed by atoms with Crippen molar-refractivity contribution in [3.05, 3.63) is 151 Å². The van der Waals surface area contributed by atoms with Crippen molar-refractivity contribution in [3.63, 3.8) is 0 Å². The van der Waals surface area contributed by atoms with E-state index < -0.39 is 100 Å². The molecular formula is C83H89N7O21S2. The van der Waals surface area contributed by atoms with Crippen LogP contribution in [0.1, 0.15) is 138 Å². The summed E-state index contributed by atoms with van der Waals surface area (Å²) in [6, 6.07) is 8.03. The van der Waals surface area contributed by atoms with Crippen LogP contribution in [0.25, 0.3) is 0 Å². The Morgan fingerprint density at radius 3 is 1.42 bits per heavy atom. The van der Waals surface area contributed by atoms with E-state index >= 15 is 0 Å². The molecule has 0 saturated carbocycles. The van der Waals surface area contributed by atoms with Gasteiger partial charge in [0.15, 0.2) is 80.1 Å². The van der Waals surface area contributed by atoms with E-state index in [-0.39, 0.29) is 78.8 Å². The number of ether oxygens (including phenoxy) is 12. The molecule has 0 amide bonds. The second-order valence-corrected chi connectivity index (χ2v) is 32.9. The summed E-state index contributed by atoms with van der Waals surface area (Å²) in [7, 11) is 5.99. The maximum atomic E-state index is 14.8. The molecule has 30 heteroatoms. The molecule has 4 fully saturated rings. The molecule has 113 heavy (non-hydrogen) atoms. The molecule has 6 aromatic rings. The van der Waals surface area contributed by atoms with Crippen LogP contribution >= 0.6 is 23.5 Å². The molecule has 28 nitrogen and oxygen atoms in total. The molecular weight excluding hydrogens is 1500 g/mol. The first kappa shape index (κ1) is 75.9. The highest BCUT2D eigenvalue weighted by molar-refractivity contribution is 7.99. The second kappa shape index (κ2) is 28.6. The Labute approximate surface area is 660 Å².